The van der Waals surface area contributed by atoms with Crippen LogP contribution in [0.2, 0.25) is 0 Å². The van der Waals surface area contributed by atoms with Gasteiger partial charge in [0, 0.05) is 36.3 Å². The number of halogens is 1. The molecule has 1 aromatic carbocycles. The molecule has 2 bridgehead atoms. The molecule has 28 heavy (non-hydrogen) atoms. The number of hydrogen-bond acceptors (Lipinski definition) is 3. The minimum atomic E-state index is 0. The molecule has 3 aliphatic rings. The van der Waals surface area contributed by atoms with E-state index >= 15 is 0 Å². The van der Waals surface area contributed by atoms with E-state index in [1.807, 2.05) is 30.0 Å². The van der Waals surface area contributed by atoms with E-state index in [0.29, 0.717) is 17.4 Å². The maximum atomic E-state index is 12.9. The van der Waals surface area contributed by atoms with Crippen molar-refractivity contribution in [3.63, 3.8) is 0 Å². The number of likely N-dealkylation sites (tertiary alicyclic amines) is 1. The van der Waals surface area contributed by atoms with Gasteiger partial charge in [-0.3, -0.25) is 9.59 Å². The summed E-state index contributed by atoms with van der Waals surface area (Å²) in [5, 5.41) is 3.12. The van der Waals surface area contributed by atoms with Crippen LogP contribution >= 0.6 is 12.4 Å². The molecule has 3 N–H and O–H groups in total. The number of nitrogens with zero attached hydrogens (tertiary/aromatic N) is 1. The maximum Gasteiger partial charge on any atom is 0.253 e. The summed E-state index contributed by atoms with van der Waals surface area (Å²) in [7, 11) is 0. The van der Waals surface area contributed by atoms with Gasteiger partial charge >= 0.3 is 0 Å². The summed E-state index contributed by atoms with van der Waals surface area (Å²) in [4.78, 5) is 27.3. The molecule has 2 saturated carbocycles. The first-order chi connectivity index (χ1) is 13.0. The first-order valence-electron chi connectivity index (χ1n) is 10.5. The fourth-order valence-corrected chi connectivity index (χ4v) is 5.28. The van der Waals surface area contributed by atoms with Crippen LogP contribution in [0.15, 0.2) is 18.2 Å². The van der Waals surface area contributed by atoms with Gasteiger partial charge in [-0.1, -0.05) is 6.42 Å². The highest BCUT2D eigenvalue weighted by Gasteiger charge is 2.40. The average molecular weight is 406 g/mol. The standard InChI is InChI=1S/C22H31N3O2.ClH/c1-14-11-17(22(27)25-9-2-3-10-25)7-8-19(14)24-21(26)18-12-15-5-4-6-16(13-18)20(15)23;/h7-8,11,15-16,18,20H,2-6,9-10,12-13,23H2,1H3,(H,24,26);1H. The zero-order valence-electron chi connectivity index (χ0n) is 16.7. The molecule has 1 aromatic rings. The molecule has 1 aliphatic heterocycles. The Hall–Kier alpha value is -1.59. The van der Waals surface area contributed by atoms with Gasteiger partial charge in [0.2, 0.25) is 5.91 Å². The fourth-order valence-electron chi connectivity index (χ4n) is 5.28. The molecule has 5 nitrogen and oxygen atoms in total. The van der Waals surface area contributed by atoms with E-state index in [1.165, 1.54) is 6.42 Å². The van der Waals surface area contributed by atoms with E-state index in [4.69, 9.17) is 5.73 Å². The Bertz CT molecular complexity index is 718. The monoisotopic (exact) mass is 405 g/mol. The predicted octanol–water partition coefficient (Wildman–Crippen LogP) is 3.74. The number of carbonyl (C=O) groups excluding carboxylic acids is 2. The molecule has 3 fully saturated rings. The number of carbonyl (C=O) groups is 2. The average Bonchev–Trinajstić information content (AvgIpc) is 3.17. The molecule has 6 heteroatoms. The Labute approximate surface area is 173 Å². The number of amides is 2. The number of rotatable bonds is 3. The first kappa shape index (κ1) is 21.1. The van der Waals surface area contributed by atoms with E-state index in [1.54, 1.807) is 0 Å². The van der Waals surface area contributed by atoms with Crippen molar-refractivity contribution in [2.75, 3.05) is 18.4 Å². The molecule has 1 saturated heterocycles. The Morgan fingerprint density at radius 2 is 1.71 bits per heavy atom. The Balaban J connectivity index is 0.00000225. The largest absolute Gasteiger partial charge is 0.339 e. The number of nitrogens with one attached hydrogen (secondary N) is 1. The van der Waals surface area contributed by atoms with E-state index < -0.39 is 0 Å². The van der Waals surface area contributed by atoms with E-state index in [9.17, 15) is 9.59 Å². The summed E-state index contributed by atoms with van der Waals surface area (Å²) in [5.74, 6) is 1.26. The minimum absolute atomic E-state index is 0. The van der Waals surface area contributed by atoms with Crippen LogP contribution in [0.3, 0.4) is 0 Å². The van der Waals surface area contributed by atoms with Gasteiger partial charge in [0.05, 0.1) is 0 Å². The lowest BCUT2D eigenvalue weighted by atomic mass is 9.65. The van der Waals surface area contributed by atoms with Crippen molar-refractivity contribution in [2.24, 2.45) is 23.5 Å². The molecule has 0 aromatic heterocycles. The van der Waals surface area contributed by atoms with Crippen LogP contribution < -0.4 is 11.1 Å². The number of nitrogens with two attached hydrogens (primary N) is 1. The van der Waals surface area contributed by atoms with E-state index in [-0.39, 0.29) is 36.2 Å². The van der Waals surface area contributed by atoms with E-state index in [2.05, 4.69) is 5.32 Å². The number of aryl methyl sites for hydroxylation is 1. The molecule has 0 radical (unpaired) electrons. The van der Waals surface area contributed by atoms with Gasteiger partial charge < -0.3 is 16.0 Å². The maximum absolute atomic E-state index is 12.9. The number of benzene rings is 1. The van der Waals surface area contributed by atoms with Crippen molar-refractivity contribution in [3.8, 4) is 0 Å². The predicted molar refractivity (Wildman–Crippen MR) is 114 cm³/mol. The molecule has 2 unspecified atom stereocenters. The molecular weight excluding hydrogens is 374 g/mol. The van der Waals surface area contributed by atoms with Crippen LogP contribution in [0, 0.1) is 24.7 Å². The fraction of sp³-hybridized carbons (Fsp3) is 0.636. The summed E-state index contributed by atoms with van der Waals surface area (Å²) >= 11 is 0. The van der Waals surface area contributed by atoms with Gasteiger partial charge in [-0.2, -0.15) is 0 Å². The molecular formula is C22H32ClN3O2. The Morgan fingerprint density at radius 1 is 1.07 bits per heavy atom. The smallest absolute Gasteiger partial charge is 0.253 e. The van der Waals surface area contributed by atoms with Gasteiger partial charge in [-0.25, -0.2) is 0 Å². The third-order valence-corrected chi connectivity index (χ3v) is 6.91. The minimum Gasteiger partial charge on any atom is -0.339 e. The third kappa shape index (κ3) is 4.20. The van der Waals surface area contributed by atoms with Crippen molar-refractivity contribution in [2.45, 2.75) is 57.9 Å². The van der Waals surface area contributed by atoms with Crippen molar-refractivity contribution >= 4 is 29.9 Å². The highest BCUT2D eigenvalue weighted by atomic mass is 35.5. The second kappa shape index (κ2) is 8.83. The zero-order valence-corrected chi connectivity index (χ0v) is 17.5. The van der Waals surface area contributed by atoms with Crippen molar-refractivity contribution < 1.29 is 9.59 Å². The lowest BCUT2D eigenvalue weighted by Crippen LogP contribution is -2.48. The van der Waals surface area contributed by atoms with Gasteiger partial charge in [-0.15, -0.1) is 12.4 Å². The quantitative estimate of drug-likeness (QED) is 0.804. The highest BCUT2D eigenvalue weighted by molar-refractivity contribution is 5.97. The van der Waals surface area contributed by atoms with Gasteiger partial charge in [0.25, 0.3) is 5.91 Å². The van der Waals surface area contributed by atoms with Crippen LogP contribution in [-0.2, 0) is 4.79 Å². The van der Waals surface area contributed by atoms with E-state index in [0.717, 1.165) is 62.9 Å². The second-order valence-electron chi connectivity index (χ2n) is 8.71. The molecule has 0 spiro atoms. The first-order valence-corrected chi connectivity index (χ1v) is 10.5. The molecule has 2 amide bonds. The number of hydrogen-bond donors (Lipinski definition) is 2. The lowest BCUT2D eigenvalue weighted by Gasteiger charge is -2.43. The Kier molecular flexibility index (Phi) is 6.66. The normalized spacial score (nSPS) is 29.1. The number of fused-ring (bicyclic) bond motifs is 2. The van der Waals surface area contributed by atoms with Gasteiger partial charge in [-0.05, 0) is 81.0 Å². The zero-order chi connectivity index (χ0) is 19.0. The molecule has 2 atom stereocenters. The van der Waals surface area contributed by atoms with Gasteiger partial charge in [0.1, 0.15) is 0 Å². The number of anilines is 1. The second-order valence-corrected chi connectivity index (χ2v) is 8.71. The highest BCUT2D eigenvalue weighted by Crippen LogP contribution is 2.42. The van der Waals surface area contributed by atoms with Crippen molar-refractivity contribution in [3.05, 3.63) is 29.3 Å². The van der Waals surface area contributed by atoms with Gasteiger partial charge in [0.15, 0.2) is 0 Å². The molecule has 2 aliphatic carbocycles. The summed E-state index contributed by atoms with van der Waals surface area (Å²) in [6, 6.07) is 5.91. The molecule has 154 valence electrons. The topological polar surface area (TPSA) is 75.4 Å². The summed E-state index contributed by atoms with van der Waals surface area (Å²) in [6.07, 6.45) is 7.57. The van der Waals surface area contributed by atoms with Crippen molar-refractivity contribution in [1.29, 1.82) is 0 Å². The Morgan fingerprint density at radius 3 is 2.32 bits per heavy atom. The summed E-state index contributed by atoms with van der Waals surface area (Å²) in [6.45, 7) is 3.66. The van der Waals surface area contributed by atoms with Crippen LogP contribution in [0.1, 0.15) is 60.9 Å². The summed E-state index contributed by atoms with van der Waals surface area (Å²) < 4.78 is 0. The van der Waals surface area contributed by atoms with Crippen LogP contribution in [-0.4, -0.2) is 35.8 Å². The van der Waals surface area contributed by atoms with Crippen LogP contribution in [0.5, 0.6) is 0 Å². The van der Waals surface area contributed by atoms with Crippen LogP contribution in [0.4, 0.5) is 5.69 Å². The summed E-state index contributed by atoms with van der Waals surface area (Å²) in [5.41, 5.74) is 8.83. The van der Waals surface area contributed by atoms with Crippen LogP contribution in [0.25, 0.3) is 0 Å². The van der Waals surface area contributed by atoms with Crippen molar-refractivity contribution in [1.82, 2.24) is 4.90 Å². The molecule has 4 rings (SSSR count). The molecule has 1 heterocycles. The SMILES string of the molecule is Cc1cc(C(=O)N2CCCC2)ccc1NC(=O)C1CC2CCCC(C1)C2N.Cl. The third-order valence-electron chi connectivity index (χ3n) is 6.91. The lowest BCUT2D eigenvalue weighted by molar-refractivity contribution is -0.122.